The molecule has 10 nitrogen and oxygen atoms in total. The molecule has 4 atom stereocenters. The highest BCUT2D eigenvalue weighted by atomic mass is 79.9. The molecule has 59 heavy (non-hydrogen) atoms. The maximum absolute atomic E-state index is 11.5. The van der Waals surface area contributed by atoms with E-state index in [1.165, 1.54) is 56.6 Å². The Morgan fingerprint density at radius 3 is 1.58 bits per heavy atom. The number of sulfonamides is 2. The maximum atomic E-state index is 11.5. The summed E-state index contributed by atoms with van der Waals surface area (Å²) >= 11 is 3.44. The van der Waals surface area contributed by atoms with Crippen molar-refractivity contribution < 1.29 is 16.8 Å². The number of benzene rings is 4. The lowest BCUT2D eigenvalue weighted by molar-refractivity contribution is 0.281. The maximum Gasteiger partial charge on any atom is 0.229 e. The van der Waals surface area contributed by atoms with E-state index in [0.717, 1.165) is 50.9 Å². The number of hydrogen-bond acceptors (Lipinski definition) is 6. The van der Waals surface area contributed by atoms with Crippen molar-refractivity contribution in [2.45, 2.75) is 37.5 Å². The van der Waals surface area contributed by atoms with Crippen molar-refractivity contribution in [3.63, 3.8) is 0 Å². The average molecular weight is 900 g/mol. The van der Waals surface area contributed by atoms with Crippen LogP contribution in [0.1, 0.15) is 36.1 Å². The van der Waals surface area contributed by atoms with Gasteiger partial charge < -0.3 is 20.2 Å². The molecule has 2 saturated carbocycles. The molecule has 4 unspecified atom stereocenters. The second-order valence-electron chi connectivity index (χ2n) is 17.2. The van der Waals surface area contributed by atoms with Gasteiger partial charge in [-0.1, -0.05) is 90.4 Å². The van der Waals surface area contributed by atoms with Crippen LogP contribution >= 0.6 is 15.9 Å². The van der Waals surface area contributed by atoms with Crippen LogP contribution in [0.2, 0.25) is 0 Å². The molecule has 2 aromatic heterocycles. The Morgan fingerprint density at radius 1 is 0.644 bits per heavy atom. The molecule has 0 bridgehead atoms. The first-order valence-corrected chi connectivity index (χ1v) is 25.3. The molecule has 4 aliphatic rings. The SMILES string of the molecule is BrCCc1c[nH]c2ccccc12.CC1(c2cccc(NS(C)(=O)=O)c2)C2CN(CCc3c[nH]c4ccccc34)CC21.CC1(c2cccc(NS(C)(=O)=O)c2)C2CNCC21. The predicted molar refractivity (Wildman–Crippen MR) is 246 cm³/mol. The number of para-hydroxylation sites is 2. The summed E-state index contributed by atoms with van der Waals surface area (Å²) < 4.78 is 50.7. The van der Waals surface area contributed by atoms with Crippen LogP contribution in [-0.4, -0.2) is 82.3 Å². The number of fused-ring (bicyclic) bond motifs is 4. The first-order valence-electron chi connectivity index (χ1n) is 20.4. The molecule has 2 aliphatic heterocycles. The van der Waals surface area contributed by atoms with Gasteiger partial charge in [0, 0.05) is 81.4 Å². The fourth-order valence-corrected chi connectivity index (χ4v) is 11.7. The van der Waals surface area contributed by atoms with E-state index in [0.29, 0.717) is 35.0 Å². The number of alkyl halides is 1. The average Bonchev–Trinajstić information content (AvgIpc) is 3.69. The van der Waals surface area contributed by atoms with Crippen molar-refractivity contribution in [1.29, 1.82) is 0 Å². The van der Waals surface area contributed by atoms with E-state index in [9.17, 15) is 16.8 Å². The number of aryl methyl sites for hydroxylation is 1. The molecule has 2 saturated heterocycles. The van der Waals surface area contributed by atoms with Crippen molar-refractivity contribution in [2.75, 3.05) is 60.0 Å². The predicted octanol–water partition coefficient (Wildman–Crippen LogP) is 7.87. The van der Waals surface area contributed by atoms with Crippen molar-refractivity contribution in [3.8, 4) is 0 Å². The van der Waals surface area contributed by atoms with E-state index in [1.807, 2.05) is 30.3 Å². The van der Waals surface area contributed by atoms with Crippen LogP contribution in [0.25, 0.3) is 21.8 Å². The summed E-state index contributed by atoms with van der Waals surface area (Å²) in [6.45, 7) is 10.1. The first-order chi connectivity index (χ1) is 28.2. The summed E-state index contributed by atoms with van der Waals surface area (Å²) in [5.74, 6) is 2.70. The highest BCUT2D eigenvalue weighted by Gasteiger charge is 2.65. The van der Waals surface area contributed by atoms with Gasteiger partial charge in [0.15, 0.2) is 0 Å². The van der Waals surface area contributed by atoms with Gasteiger partial charge in [0.05, 0.1) is 12.5 Å². The molecular weight excluding hydrogens is 845 g/mol. The second-order valence-corrected chi connectivity index (χ2v) is 21.5. The minimum Gasteiger partial charge on any atom is -0.361 e. The smallest absolute Gasteiger partial charge is 0.229 e. The molecule has 4 aromatic carbocycles. The zero-order valence-electron chi connectivity index (χ0n) is 34.1. The monoisotopic (exact) mass is 898 g/mol. The van der Waals surface area contributed by atoms with Gasteiger partial charge in [0.2, 0.25) is 20.0 Å². The summed E-state index contributed by atoms with van der Waals surface area (Å²) in [4.78, 5) is 9.20. The van der Waals surface area contributed by atoms with E-state index in [4.69, 9.17) is 0 Å². The summed E-state index contributed by atoms with van der Waals surface area (Å²) in [6, 6.07) is 32.6. The Kier molecular flexibility index (Phi) is 11.5. The number of piperidine rings is 2. The summed E-state index contributed by atoms with van der Waals surface area (Å²) in [7, 11) is -6.45. The van der Waals surface area contributed by atoms with Gasteiger partial charge in [-0.25, -0.2) is 16.8 Å². The largest absolute Gasteiger partial charge is 0.361 e. The van der Waals surface area contributed by atoms with Gasteiger partial charge in [0.25, 0.3) is 0 Å². The zero-order chi connectivity index (χ0) is 41.6. The van der Waals surface area contributed by atoms with Crippen LogP contribution in [0.4, 0.5) is 11.4 Å². The molecule has 5 N–H and O–H groups in total. The van der Waals surface area contributed by atoms with Crippen molar-refractivity contribution >= 4 is 69.2 Å². The number of hydrogen-bond donors (Lipinski definition) is 5. The molecule has 6 aromatic rings. The molecule has 4 fully saturated rings. The lowest BCUT2D eigenvalue weighted by Gasteiger charge is -2.24. The van der Waals surface area contributed by atoms with Crippen molar-refractivity contribution in [1.82, 2.24) is 20.2 Å². The summed E-state index contributed by atoms with van der Waals surface area (Å²) in [5.41, 5.74) is 9.42. The third-order valence-electron chi connectivity index (χ3n) is 13.5. The Morgan fingerprint density at radius 2 is 1.10 bits per heavy atom. The van der Waals surface area contributed by atoms with E-state index < -0.39 is 20.0 Å². The number of nitrogens with zero attached hydrogens (tertiary/aromatic N) is 1. The Hall–Kier alpha value is -4.14. The van der Waals surface area contributed by atoms with E-state index >= 15 is 0 Å². The van der Waals surface area contributed by atoms with Crippen LogP contribution in [0.3, 0.4) is 0 Å². The van der Waals surface area contributed by atoms with Crippen LogP contribution in [0.5, 0.6) is 0 Å². The standard InChI is InChI=1S/C23H27N3O2S.C13H18N2O2S.C10H10BrN/c1-23(17-6-5-7-18(12-17)25-29(2,27)28)20-14-26(15-21(20)23)11-10-16-13-24-22-9-4-3-8-19(16)22;1-13(11-7-14-8-12(11)13)9-4-3-5-10(6-9)15-18(2,16)17;11-6-5-8-7-12-10-4-2-1-3-9(8)10/h3-9,12-13,20-21,24-25H,10-11,14-15H2,1-2H3;3-6,11-12,14-15H,7-8H2,1-2H3;1-4,7,12H,5-6H2. The number of anilines is 2. The molecule has 10 rings (SSSR count). The number of aromatic nitrogens is 2. The quantitative estimate of drug-likeness (QED) is 0.0840. The molecule has 312 valence electrons. The first kappa shape index (κ1) is 41.6. The Balaban J connectivity index is 0.000000137. The number of rotatable bonds is 11. The minimum atomic E-state index is -3.25. The number of halogens is 1. The van der Waals surface area contributed by atoms with Crippen LogP contribution < -0.4 is 14.8 Å². The molecule has 0 amide bonds. The molecule has 0 radical (unpaired) electrons. The Bertz CT molecular complexity index is 2660. The van der Waals surface area contributed by atoms with Crippen molar-refractivity contribution in [3.05, 3.63) is 132 Å². The third-order valence-corrected chi connectivity index (χ3v) is 15.1. The molecule has 2 aliphatic carbocycles. The lowest BCUT2D eigenvalue weighted by Crippen LogP contribution is -2.30. The van der Waals surface area contributed by atoms with E-state index in [-0.39, 0.29) is 10.8 Å². The number of likely N-dealkylation sites (tertiary alicyclic amines) is 1. The van der Waals surface area contributed by atoms with Gasteiger partial charge in [-0.2, -0.15) is 0 Å². The minimum absolute atomic E-state index is 0.159. The van der Waals surface area contributed by atoms with Gasteiger partial charge in [-0.05, 0) is 108 Å². The van der Waals surface area contributed by atoms with E-state index in [2.05, 4.69) is 132 Å². The number of aromatic amines is 2. The van der Waals surface area contributed by atoms with Crippen molar-refractivity contribution in [2.24, 2.45) is 23.7 Å². The summed E-state index contributed by atoms with van der Waals surface area (Å²) in [5, 5.41) is 7.09. The van der Waals surface area contributed by atoms with Gasteiger partial charge >= 0.3 is 0 Å². The van der Waals surface area contributed by atoms with Gasteiger partial charge in [-0.3, -0.25) is 9.44 Å². The van der Waals surface area contributed by atoms with Crippen LogP contribution in [-0.2, 0) is 43.7 Å². The number of H-pyrrole nitrogens is 2. The van der Waals surface area contributed by atoms with Gasteiger partial charge in [0.1, 0.15) is 0 Å². The third kappa shape index (κ3) is 8.86. The van der Waals surface area contributed by atoms with E-state index in [1.54, 1.807) is 6.07 Å². The Labute approximate surface area is 357 Å². The summed E-state index contributed by atoms with van der Waals surface area (Å²) in [6.07, 6.45) is 8.76. The molecule has 4 heterocycles. The highest BCUT2D eigenvalue weighted by molar-refractivity contribution is 9.09. The molecular formula is C46H55BrN6O4S2. The molecule has 0 spiro atoms. The second kappa shape index (κ2) is 16.4. The lowest BCUT2D eigenvalue weighted by atomic mass is 9.92. The van der Waals surface area contributed by atoms with Crippen LogP contribution in [0, 0.1) is 23.7 Å². The molecule has 13 heteroatoms. The number of nitrogens with one attached hydrogen (secondary N) is 5. The normalized spacial score (nSPS) is 25.6. The fourth-order valence-electron chi connectivity index (χ4n) is 10.1. The van der Waals surface area contributed by atoms with Gasteiger partial charge in [-0.15, -0.1) is 0 Å². The zero-order valence-corrected chi connectivity index (χ0v) is 37.4. The fraction of sp³-hybridized carbons (Fsp3) is 0.391. The van der Waals surface area contributed by atoms with Crippen LogP contribution in [0.15, 0.2) is 109 Å². The highest BCUT2D eigenvalue weighted by Crippen LogP contribution is 2.63. The topological polar surface area (TPSA) is 139 Å².